The molecule has 1 aliphatic heterocycles. The van der Waals surface area contributed by atoms with E-state index in [2.05, 4.69) is 54.0 Å². The number of benzene rings is 2. The Labute approximate surface area is 149 Å². The van der Waals surface area contributed by atoms with Crippen molar-refractivity contribution in [2.45, 2.75) is 26.3 Å². The first-order chi connectivity index (χ1) is 12.1. The number of piperazine rings is 1. The fraction of sp³-hybridized carbons (Fsp3) is 0.381. The summed E-state index contributed by atoms with van der Waals surface area (Å²) in [5.74, 6) is 0.268. The van der Waals surface area contributed by atoms with Gasteiger partial charge in [0.05, 0.1) is 11.6 Å². The van der Waals surface area contributed by atoms with Gasteiger partial charge >= 0.3 is 0 Å². The maximum atomic E-state index is 13.5. The van der Waals surface area contributed by atoms with Crippen LogP contribution in [-0.2, 0) is 6.54 Å². The Bertz CT molecular complexity index is 754. The van der Waals surface area contributed by atoms with Gasteiger partial charge in [-0.25, -0.2) is 4.39 Å². The third kappa shape index (κ3) is 4.18. The molecular weight excluding hydrogens is 313 g/mol. The number of halogens is 1. The highest BCUT2D eigenvalue weighted by Crippen LogP contribution is 2.22. The topological polar surface area (TPSA) is 30.3 Å². The number of nitrogens with zero attached hydrogens (tertiary/aromatic N) is 3. The van der Waals surface area contributed by atoms with Crippen molar-refractivity contribution in [1.29, 1.82) is 5.26 Å². The second kappa shape index (κ2) is 7.67. The number of hydrogen-bond acceptors (Lipinski definition) is 3. The molecule has 1 fully saturated rings. The first-order valence-corrected chi connectivity index (χ1v) is 8.82. The molecule has 0 atom stereocenters. The molecule has 4 heteroatoms. The Hall–Kier alpha value is -2.38. The molecule has 2 aromatic rings. The summed E-state index contributed by atoms with van der Waals surface area (Å²) in [6.45, 7) is 8.74. The van der Waals surface area contributed by atoms with Gasteiger partial charge in [-0.15, -0.1) is 0 Å². The summed E-state index contributed by atoms with van der Waals surface area (Å²) in [5.41, 5.74) is 3.95. The standard InChI is InChI=1S/C21H24FN3/c1-16(2)17-4-7-21(8-5-17)25-11-9-24(10-12-25)15-19-13-20(22)6-3-18(19)14-23/h3-8,13,16H,9-12,15H2,1-2H3. The monoisotopic (exact) mass is 337 g/mol. The van der Waals surface area contributed by atoms with Gasteiger partial charge < -0.3 is 4.90 Å². The lowest BCUT2D eigenvalue weighted by Crippen LogP contribution is -2.46. The first kappa shape index (κ1) is 17.4. The van der Waals surface area contributed by atoms with Gasteiger partial charge in [-0.1, -0.05) is 26.0 Å². The Morgan fingerprint density at radius 2 is 1.72 bits per heavy atom. The summed E-state index contributed by atoms with van der Waals surface area (Å²) in [7, 11) is 0. The third-order valence-electron chi connectivity index (χ3n) is 4.88. The molecule has 2 aromatic carbocycles. The van der Waals surface area contributed by atoms with Crippen molar-refractivity contribution < 1.29 is 4.39 Å². The van der Waals surface area contributed by atoms with Gasteiger partial charge in [-0.3, -0.25) is 4.90 Å². The third-order valence-corrected chi connectivity index (χ3v) is 4.88. The van der Waals surface area contributed by atoms with Crippen molar-refractivity contribution in [2.24, 2.45) is 0 Å². The van der Waals surface area contributed by atoms with Crippen LogP contribution in [0.5, 0.6) is 0 Å². The van der Waals surface area contributed by atoms with Crippen LogP contribution in [-0.4, -0.2) is 31.1 Å². The SMILES string of the molecule is CC(C)c1ccc(N2CCN(Cc3cc(F)ccc3C#N)CC2)cc1. The molecule has 25 heavy (non-hydrogen) atoms. The predicted molar refractivity (Wildman–Crippen MR) is 99.1 cm³/mol. The lowest BCUT2D eigenvalue weighted by molar-refractivity contribution is 0.249. The number of anilines is 1. The van der Waals surface area contributed by atoms with Crippen molar-refractivity contribution in [3.63, 3.8) is 0 Å². The summed E-state index contributed by atoms with van der Waals surface area (Å²) >= 11 is 0. The van der Waals surface area contributed by atoms with Crippen LogP contribution in [0.1, 0.15) is 36.5 Å². The van der Waals surface area contributed by atoms with Crippen LogP contribution in [0.25, 0.3) is 0 Å². The maximum Gasteiger partial charge on any atom is 0.123 e. The lowest BCUT2D eigenvalue weighted by Gasteiger charge is -2.36. The average molecular weight is 337 g/mol. The summed E-state index contributed by atoms with van der Waals surface area (Å²) in [4.78, 5) is 4.67. The molecule has 0 N–H and O–H groups in total. The molecule has 1 aliphatic rings. The Morgan fingerprint density at radius 3 is 2.32 bits per heavy atom. The molecule has 0 bridgehead atoms. The van der Waals surface area contributed by atoms with Gasteiger partial charge in [-0.2, -0.15) is 5.26 Å². The van der Waals surface area contributed by atoms with E-state index in [0.29, 0.717) is 18.0 Å². The van der Waals surface area contributed by atoms with E-state index in [4.69, 9.17) is 0 Å². The molecule has 0 unspecified atom stereocenters. The van der Waals surface area contributed by atoms with Crippen LogP contribution in [0.15, 0.2) is 42.5 Å². The van der Waals surface area contributed by atoms with Gasteiger partial charge in [0.2, 0.25) is 0 Å². The zero-order chi connectivity index (χ0) is 17.8. The van der Waals surface area contributed by atoms with Crippen molar-refractivity contribution in [2.75, 3.05) is 31.1 Å². The molecule has 0 aromatic heterocycles. The zero-order valence-corrected chi connectivity index (χ0v) is 14.9. The Kier molecular flexibility index (Phi) is 5.35. The summed E-state index contributed by atoms with van der Waals surface area (Å²) in [6, 6.07) is 15.4. The normalized spacial score (nSPS) is 15.4. The minimum Gasteiger partial charge on any atom is -0.369 e. The molecule has 1 saturated heterocycles. The molecule has 0 aliphatic carbocycles. The fourth-order valence-corrected chi connectivity index (χ4v) is 3.28. The molecular formula is C21H24FN3. The molecule has 0 saturated carbocycles. The zero-order valence-electron chi connectivity index (χ0n) is 14.9. The predicted octanol–water partition coefficient (Wildman–Crippen LogP) is 4.14. The highest BCUT2D eigenvalue weighted by atomic mass is 19.1. The Balaban J connectivity index is 1.61. The molecule has 3 nitrogen and oxygen atoms in total. The van der Waals surface area contributed by atoms with Crippen molar-refractivity contribution in [3.8, 4) is 6.07 Å². The van der Waals surface area contributed by atoms with E-state index in [0.717, 1.165) is 31.7 Å². The second-order valence-electron chi connectivity index (χ2n) is 6.92. The van der Waals surface area contributed by atoms with Gasteiger partial charge in [0.15, 0.2) is 0 Å². The highest BCUT2D eigenvalue weighted by molar-refractivity contribution is 5.48. The van der Waals surface area contributed by atoms with E-state index in [1.807, 2.05) is 0 Å². The minimum atomic E-state index is -0.280. The highest BCUT2D eigenvalue weighted by Gasteiger charge is 2.18. The van der Waals surface area contributed by atoms with E-state index in [1.165, 1.54) is 23.4 Å². The van der Waals surface area contributed by atoms with E-state index in [1.54, 1.807) is 6.07 Å². The summed E-state index contributed by atoms with van der Waals surface area (Å²) in [5, 5.41) is 9.19. The molecule has 0 amide bonds. The van der Waals surface area contributed by atoms with Gasteiger partial charge in [0.1, 0.15) is 5.82 Å². The molecule has 3 rings (SSSR count). The van der Waals surface area contributed by atoms with Crippen molar-refractivity contribution in [3.05, 3.63) is 65.0 Å². The molecule has 0 radical (unpaired) electrons. The molecule has 0 spiro atoms. The van der Waals surface area contributed by atoms with E-state index < -0.39 is 0 Å². The second-order valence-corrected chi connectivity index (χ2v) is 6.92. The van der Waals surface area contributed by atoms with E-state index in [-0.39, 0.29) is 5.82 Å². The summed E-state index contributed by atoms with van der Waals surface area (Å²) < 4.78 is 13.5. The van der Waals surface area contributed by atoms with Gasteiger partial charge in [-0.05, 0) is 47.4 Å². The van der Waals surface area contributed by atoms with Gasteiger partial charge in [0.25, 0.3) is 0 Å². The van der Waals surface area contributed by atoms with E-state index >= 15 is 0 Å². The van der Waals surface area contributed by atoms with Crippen LogP contribution in [0, 0.1) is 17.1 Å². The summed E-state index contributed by atoms with van der Waals surface area (Å²) in [6.07, 6.45) is 0. The average Bonchev–Trinajstić information content (AvgIpc) is 2.63. The number of rotatable bonds is 4. The fourth-order valence-electron chi connectivity index (χ4n) is 3.28. The smallest absolute Gasteiger partial charge is 0.123 e. The van der Waals surface area contributed by atoms with E-state index in [9.17, 15) is 9.65 Å². The van der Waals surface area contributed by atoms with Crippen molar-refractivity contribution >= 4 is 5.69 Å². The van der Waals surface area contributed by atoms with Crippen LogP contribution >= 0.6 is 0 Å². The van der Waals surface area contributed by atoms with Crippen LogP contribution in [0.2, 0.25) is 0 Å². The van der Waals surface area contributed by atoms with Crippen molar-refractivity contribution in [1.82, 2.24) is 4.90 Å². The van der Waals surface area contributed by atoms with Gasteiger partial charge in [0, 0.05) is 38.4 Å². The Morgan fingerprint density at radius 1 is 1.04 bits per heavy atom. The van der Waals surface area contributed by atoms with Crippen LogP contribution in [0.4, 0.5) is 10.1 Å². The number of hydrogen-bond donors (Lipinski definition) is 0. The largest absolute Gasteiger partial charge is 0.369 e. The maximum absolute atomic E-state index is 13.5. The molecule has 130 valence electrons. The molecule has 1 heterocycles. The van der Waals surface area contributed by atoms with Crippen LogP contribution < -0.4 is 4.90 Å². The lowest BCUT2D eigenvalue weighted by atomic mass is 10.0. The number of nitriles is 1. The van der Waals surface area contributed by atoms with Crippen LogP contribution in [0.3, 0.4) is 0 Å². The minimum absolute atomic E-state index is 0.280. The quantitative estimate of drug-likeness (QED) is 0.840. The first-order valence-electron chi connectivity index (χ1n) is 8.82.